The van der Waals surface area contributed by atoms with Crippen molar-refractivity contribution in [2.75, 3.05) is 25.7 Å². The largest absolute Gasteiger partial charge is 0.497 e. The van der Waals surface area contributed by atoms with Crippen molar-refractivity contribution in [1.82, 2.24) is 4.98 Å². The molecule has 7 nitrogen and oxygen atoms in total. The summed E-state index contributed by atoms with van der Waals surface area (Å²) in [5, 5.41) is 0. The molecule has 0 aliphatic heterocycles. The van der Waals surface area contributed by atoms with Gasteiger partial charge in [-0.3, -0.25) is 9.59 Å². The molecule has 0 spiro atoms. The van der Waals surface area contributed by atoms with E-state index in [1.807, 2.05) is 24.3 Å². The molecule has 0 amide bonds. The van der Waals surface area contributed by atoms with Crippen LogP contribution in [-0.2, 0) is 27.4 Å². The second kappa shape index (κ2) is 13.0. The summed E-state index contributed by atoms with van der Waals surface area (Å²) < 4.78 is 16.0. The van der Waals surface area contributed by atoms with Gasteiger partial charge in [-0.1, -0.05) is 31.2 Å². The summed E-state index contributed by atoms with van der Waals surface area (Å²) in [6.07, 6.45) is 3.11. The molecule has 0 saturated heterocycles. The first-order chi connectivity index (χ1) is 20.3. The highest BCUT2D eigenvalue weighted by atomic mass is 16.5. The van der Waals surface area contributed by atoms with E-state index in [-0.39, 0.29) is 24.2 Å². The van der Waals surface area contributed by atoms with Gasteiger partial charge >= 0.3 is 5.97 Å². The van der Waals surface area contributed by atoms with E-state index in [2.05, 4.69) is 49.1 Å². The van der Waals surface area contributed by atoms with Gasteiger partial charge in [0, 0.05) is 25.4 Å². The number of carbonyl (C=O) groups excluding carboxylic acids is 2. The average Bonchev–Trinajstić information content (AvgIpc) is 3.83. The number of benzene rings is 2. The lowest BCUT2D eigenvalue weighted by Gasteiger charge is -2.34. The topological polar surface area (TPSA) is 78.0 Å². The quantitative estimate of drug-likeness (QED) is 0.186. The van der Waals surface area contributed by atoms with Gasteiger partial charge in [-0.2, -0.15) is 0 Å². The Morgan fingerprint density at radius 3 is 2.02 bits per heavy atom. The molecule has 3 unspecified atom stereocenters. The molecular weight excluding hydrogens is 528 g/mol. The van der Waals surface area contributed by atoms with Crippen LogP contribution in [0.5, 0.6) is 11.5 Å². The molecule has 1 aromatic heterocycles. The number of esters is 1. The van der Waals surface area contributed by atoms with E-state index >= 15 is 0 Å². The van der Waals surface area contributed by atoms with Crippen LogP contribution < -0.4 is 14.4 Å². The molecule has 2 aromatic carbocycles. The lowest BCUT2D eigenvalue weighted by molar-refractivity contribution is -0.153. The number of aromatic nitrogens is 1. The molecule has 2 aliphatic carbocycles. The molecule has 0 bridgehead atoms. The normalized spacial score (nSPS) is 20.2. The molecule has 3 aromatic rings. The SMILES string of the molecule is CCOC(=O)C1CC(C)C(c2nc(N(Cc3ccc(OC)cc3)Cc3ccc(OC)cc3)cc(C)c2C2CC2)CC1=O. The summed E-state index contributed by atoms with van der Waals surface area (Å²) in [6, 6.07) is 18.5. The van der Waals surface area contributed by atoms with Crippen LogP contribution in [-0.4, -0.2) is 37.6 Å². The Morgan fingerprint density at radius 1 is 0.952 bits per heavy atom. The maximum absolute atomic E-state index is 13.3. The summed E-state index contributed by atoms with van der Waals surface area (Å²) in [4.78, 5) is 33.5. The predicted octanol–water partition coefficient (Wildman–Crippen LogP) is 6.75. The Morgan fingerprint density at radius 2 is 1.52 bits per heavy atom. The van der Waals surface area contributed by atoms with Crippen LogP contribution in [0.15, 0.2) is 54.6 Å². The number of nitrogens with zero attached hydrogens (tertiary/aromatic N) is 2. The summed E-state index contributed by atoms with van der Waals surface area (Å²) in [5.41, 5.74) is 5.85. The zero-order valence-electron chi connectivity index (χ0n) is 25.4. The van der Waals surface area contributed by atoms with Crippen LogP contribution in [0.1, 0.15) is 79.3 Å². The van der Waals surface area contributed by atoms with Gasteiger partial charge in [0.25, 0.3) is 0 Å². The molecule has 0 N–H and O–H groups in total. The predicted molar refractivity (Wildman–Crippen MR) is 163 cm³/mol. The highest BCUT2D eigenvalue weighted by molar-refractivity contribution is 6.00. The number of rotatable bonds is 11. The summed E-state index contributed by atoms with van der Waals surface area (Å²) in [6.45, 7) is 7.71. The first kappa shape index (κ1) is 29.6. The van der Waals surface area contributed by atoms with Crippen molar-refractivity contribution < 1.29 is 23.8 Å². The van der Waals surface area contributed by atoms with Crippen LogP contribution >= 0.6 is 0 Å². The molecule has 2 aliphatic rings. The Labute approximate surface area is 249 Å². The van der Waals surface area contributed by atoms with Crippen LogP contribution in [0.25, 0.3) is 0 Å². The van der Waals surface area contributed by atoms with Crippen molar-refractivity contribution in [1.29, 1.82) is 0 Å². The van der Waals surface area contributed by atoms with Gasteiger partial charge < -0.3 is 19.1 Å². The number of carbonyl (C=O) groups is 2. The monoisotopic (exact) mass is 570 g/mol. The Balaban J connectivity index is 1.51. The Kier molecular flexibility index (Phi) is 9.15. The van der Waals surface area contributed by atoms with E-state index in [0.717, 1.165) is 47.0 Å². The highest BCUT2D eigenvalue weighted by Crippen LogP contribution is 2.49. The molecule has 222 valence electrons. The van der Waals surface area contributed by atoms with Crippen molar-refractivity contribution in [3.8, 4) is 11.5 Å². The van der Waals surface area contributed by atoms with Gasteiger partial charge in [-0.15, -0.1) is 0 Å². The smallest absolute Gasteiger partial charge is 0.316 e. The van der Waals surface area contributed by atoms with Crippen molar-refractivity contribution in [3.05, 3.63) is 82.5 Å². The van der Waals surface area contributed by atoms with Gasteiger partial charge in [0.1, 0.15) is 29.0 Å². The maximum atomic E-state index is 13.3. The summed E-state index contributed by atoms with van der Waals surface area (Å²) >= 11 is 0. The molecule has 42 heavy (non-hydrogen) atoms. The van der Waals surface area contributed by atoms with Crippen LogP contribution in [0.3, 0.4) is 0 Å². The third-order valence-electron chi connectivity index (χ3n) is 8.68. The first-order valence-electron chi connectivity index (χ1n) is 15.0. The first-order valence-corrected chi connectivity index (χ1v) is 15.0. The zero-order valence-corrected chi connectivity index (χ0v) is 25.4. The van der Waals surface area contributed by atoms with Gasteiger partial charge in [-0.05, 0) is 97.5 Å². The molecule has 2 fully saturated rings. The van der Waals surface area contributed by atoms with Crippen LogP contribution in [0.2, 0.25) is 0 Å². The molecule has 1 heterocycles. The third kappa shape index (κ3) is 6.61. The summed E-state index contributed by atoms with van der Waals surface area (Å²) in [7, 11) is 3.35. The zero-order chi connectivity index (χ0) is 29.8. The van der Waals surface area contributed by atoms with E-state index in [4.69, 9.17) is 19.2 Å². The minimum atomic E-state index is -0.675. The molecule has 7 heteroatoms. The number of methoxy groups -OCH3 is 2. The minimum absolute atomic E-state index is 0.0266. The molecule has 0 radical (unpaired) electrons. The van der Waals surface area contributed by atoms with E-state index in [1.165, 1.54) is 11.1 Å². The molecular formula is C35H42N2O5. The average molecular weight is 571 g/mol. The lowest BCUT2D eigenvalue weighted by Crippen LogP contribution is -2.36. The number of pyridine rings is 1. The minimum Gasteiger partial charge on any atom is -0.497 e. The second-order valence-corrected chi connectivity index (χ2v) is 11.7. The van der Waals surface area contributed by atoms with Gasteiger partial charge in [0.2, 0.25) is 0 Å². The third-order valence-corrected chi connectivity index (χ3v) is 8.68. The number of ketones is 1. The maximum Gasteiger partial charge on any atom is 0.316 e. The Hall–Kier alpha value is -3.87. The van der Waals surface area contributed by atoms with E-state index < -0.39 is 11.9 Å². The van der Waals surface area contributed by atoms with Gasteiger partial charge in [-0.25, -0.2) is 4.98 Å². The second-order valence-electron chi connectivity index (χ2n) is 11.7. The van der Waals surface area contributed by atoms with E-state index in [1.54, 1.807) is 21.1 Å². The van der Waals surface area contributed by atoms with E-state index in [9.17, 15) is 9.59 Å². The highest BCUT2D eigenvalue weighted by Gasteiger charge is 2.42. The van der Waals surface area contributed by atoms with Gasteiger partial charge in [0.15, 0.2) is 0 Å². The number of aryl methyl sites for hydroxylation is 1. The fraction of sp³-hybridized carbons (Fsp3) is 0.457. The van der Waals surface area contributed by atoms with Gasteiger partial charge in [0.05, 0.1) is 26.5 Å². The lowest BCUT2D eigenvalue weighted by atomic mass is 9.71. The number of hydrogen-bond donors (Lipinski definition) is 0. The van der Waals surface area contributed by atoms with Crippen molar-refractivity contribution in [2.24, 2.45) is 11.8 Å². The van der Waals surface area contributed by atoms with Crippen LogP contribution in [0, 0.1) is 18.8 Å². The Bertz CT molecular complexity index is 1350. The number of hydrogen-bond acceptors (Lipinski definition) is 7. The van der Waals surface area contributed by atoms with Crippen molar-refractivity contribution >= 4 is 17.6 Å². The fourth-order valence-electron chi connectivity index (χ4n) is 6.22. The molecule has 3 atom stereocenters. The molecule has 5 rings (SSSR count). The molecule has 2 saturated carbocycles. The van der Waals surface area contributed by atoms with Crippen LogP contribution in [0.4, 0.5) is 5.82 Å². The fourth-order valence-corrected chi connectivity index (χ4v) is 6.22. The van der Waals surface area contributed by atoms with E-state index in [0.29, 0.717) is 31.8 Å². The number of ether oxygens (including phenoxy) is 3. The summed E-state index contributed by atoms with van der Waals surface area (Å²) in [5.74, 6) is 2.04. The van der Waals surface area contributed by atoms with Crippen molar-refractivity contribution in [3.63, 3.8) is 0 Å². The van der Waals surface area contributed by atoms with Crippen molar-refractivity contribution in [2.45, 2.75) is 71.4 Å². The number of anilines is 1. The number of Topliss-reactive ketones (excluding diaryl/α,β-unsaturated/α-hetero) is 1. The standard InChI is InChI=1S/C35H42N2O5/c1-6-42-35(39)30-17-22(2)29(19-31(30)38)34-33(26-11-12-26)23(3)18-32(36-34)37(20-24-7-13-27(40-4)14-8-24)21-25-9-15-28(41-5)16-10-25/h7-10,13-16,18,22,26,29-30H,6,11-12,17,19-21H2,1-5H3.